The number of hydrogen-bond donors (Lipinski definition) is 1. The molecule has 0 radical (unpaired) electrons. The highest BCUT2D eigenvalue weighted by atomic mass is 16.5. The zero-order valence-electron chi connectivity index (χ0n) is 13.0. The highest BCUT2D eigenvalue weighted by molar-refractivity contribution is 5.87. The van der Waals surface area contributed by atoms with E-state index in [0.29, 0.717) is 36.9 Å². The van der Waals surface area contributed by atoms with Crippen LogP contribution in [0.5, 0.6) is 0 Å². The number of aromatic carboxylic acids is 1. The standard InChI is InChI=1S/C18H21NO4/c20-17(8-3-11-1-4-12(5-2-11)18(21)22)19-9-13-14(10-19)16-7-6-15(13)23-16/h1-2,4-5,13-16H,3,6-10H2,(H,21,22). The van der Waals surface area contributed by atoms with Crippen molar-refractivity contribution in [1.29, 1.82) is 0 Å². The predicted molar refractivity (Wildman–Crippen MR) is 83.2 cm³/mol. The van der Waals surface area contributed by atoms with Crippen molar-refractivity contribution in [1.82, 2.24) is 4.90 Å². The smallest absolute Gasteiger partial charge is 0.335 e. The van der Waals surface area contributed by atoms with Crippen LogP contribution in [-0.2, 0) is 16.0 Å². The van der Waals surface area contributed by atoms with Crippen molar-refractivity contribution in [2.24, 2.45) is 11.8 Å². The van der Waals surface area contributed by atoms with Crippen LogP contribution in [0.3, 0.4) is 0 Å². The Bertz CT molecular complexity index is 608. The number of benzene rings is 1. The molecule has 0 aliphatic carbocycles. The predicted octanol–water partition coefficient (Wildman–Crippen LogP) is 1.95. The van der Waals surface area contributed by atoms with Gasteiger partial charge in [-0.05, 0) is 37.0 Å². The molecule has 3 aliphatic heterocycles. The first-order chi connectivity index (χ1) is 11.1. The Hall–Kier alpha value is -1.88. The normalized spacial score (nSPS) is 31.4. The number of aryl methyl sites for hydroxylation is 1. The summed E-state index contributed by atoms with van der Waals surface area (Å²) < 4.78 is 5.94. The van der Waals surface area contributed by atoms with Crippen molar-refractivity contribution in [3.05, 3.63) is 35.4 Å². The van der Waals surface area contributed by atoms with E-state index in [0.717, 1.165) is 31.5 Å². The molecule has 122 valence electrons. The van der Waals surface area contributed by atoms with E-state index in [1.54, 1.807) is 24.3 Å². The molecule has 3 fully saturated rings. The first kappa shape index (κ1) is 14.7. The number of rotatable bonds is 4. The minimum Gasteiger partial charge on any atom is -0.478 e. The zero-order valence-corrected chi connectivity index (χ0v) is 13.0. The summed E-state index contributed by atoms with van der Waals surface area (Å²) in [5.41, 5.74) is 1.29. The number of nitrogens with zero attached hydrogens (tertiary/aromatic N) is 1. The number of carboxylic acid groups (broad SMARTS) is 1. The van der Waals surface area contributed by atoms with Crippen LogP contribution in [0.2, 0.25) is 0 Å². The number of likely N-dealkylation sites (tertiary alicyclic amines) is 1. The fourth-order valence-corrected chi connectivity index (χ4v) is 4.39. The van der Waals surface area contributed by atoms with Crippen LogP contribution in [0, 0.1) is 11.8 Å². The van der Waals surface area contributed by atoms with Crippen LogP contribution >= 0.6 is 0 Å². The monoisotopic (exact) mass is 315 g/mol. The van der Waals surface area contributed by atoms with Crippen molar-refractivity contribution in [3.8, 4) is 0 Å². The van der Waals surface area contributed by atoms with Gasteiger partial charge in [-0.1, -0.05) is 12.1 Å². The van der Waals surface area contributed by atoms with Crippen molar-refractivity contribution in [2.75, 3.05) is 13.1 Å². The van der Waals surface area contributed by atoms with E-state index in [4.69, 9.17) is 9.84 Å². The van der Waals surface area contributed by atoms with Crippen molar-refractivity contribution >= 4 is 11.9 Å². The fourth-order valence-electron chi connectivity index (χ4n) is 4.39. The van der Waals surface area contributed by atoms with E-state index in [2.05, 4.69) is 0 Å². The molecule has 0 aromatic heterocycles. The molecular weight excluding hydrogens is 294 g/mol. The number of fused-ring (bicyclic) bond motifs is 5. The minimum atomic E-state index is -0.923. The lowest BCUT2D eigenvalue weighted by Crippen LogP contribution is -2.31. The van der Waals surface area contributed by atoms with Gasteiger partial charge in [0.05, 0.1) is 17.8 Å². The molecule has 1 amide bonds. The molecule has 3 saturated heterocycles. The molecular formula is C18H21NO4. The summed E-state index contributed by atoms with van der Waals surface area (Å²) in [7, 11) is 0. The Morgan fingerprint density at radius 1 is 1.09 bits per heavy atom. The first-order valence-corrected chi connectivity index (χ1v) is 8.37. The second-order valence-electron chi connectivity index (χ2n) is 6.92. The third-order valence-electron chi connectivity index (χ3n) is 5.63. The minimum absolute atomic E-state index is 0.209. The highest BCUT2D eigenvalue weighted by Gasteiger charge is 2.53. The van der Waals surface area contributed by atoms with E-state index in [-0.39, 0.29) is 11.5 Å². The van der Waals surface area contributed by atoms with Gasteiger partial charge in [0.25, 0.3) is 0 Å². The van der Waals surface area contributed by atoms with Gasteiger partial charge in [0, 0.05) is 31.3 Å². The van der Waals surface area contributed by atoms with Crippen molar-refractivity contribution in [2.45, 2.75) is 37.9 Å². The molecule has 4 unspecified atom stereocenters. The van der Waals surface area contributed by atoms with Gasteiger partial charge < -0.3 is 14.7 Å². The Morgan fingerprint density at radius 2 is 1.70 bits per heavy atom. The summed E-state index contributed by atoms with van der Waals surface area (Å²) in [5.74, 6) is 0.384. The molecule has 23 heavy (non-hydrogen) atoms. The summed E-state index contributed by atoms with van der Waals surface area (Å²) in [5, 5.41) is 8.89. The maximum Gasteiger partial charge on any atom is 0.335 e. The second kappa shape index (κ2) is 5.64. The molecule has 4 atom stereocenters. The molecule has 3 aliphatic rings. The van der Waals surface area contributed by atoms with Gasteiger partial charge in [0.15, 0.2) is 0 Å². The van der Waals surface area contributed by atoms with Gasteiger partial charge in [0.2, 0.25) is 5.91 Å². The average Bonchev–Trinajstić information content (AvgIpc) is 3.25. The van der Waals surface area contributed by atoms with Crippen LogP contribution in [-0.4, -0.2) is 47.2 Å². The highest BCUT2D eigenvalue weighted by Crippen LogP contribution is 2.47. The summed E-state index contributed by atoms with van der Waals surface area (Å²) in [6, 6.07) is 6.78. The van der Waals surface area contributed by atoms with Gasteiger partial charge in [-0.15, -0.1) is 0 Å². The van der Waals surface area contributed by atoms with Crippen molar-refractivity contribution in [3.63, 3.8) is 0 Å². The van der Waals surface area contributed by atoms with E-state index >= 15 is 0 Å². The molecule has 1 aromatic rings. The van der Waals surface area contributed by atoms with Gasteiger partial charge in [-0.2, -0.15) is 0 Å². The summed E-state index contributed by atoms with van der Waals surface area (Å²) in [6.45, 7) is 1.70. The molecule has 3 heterocycles. The largest absolute Gasteiger partial charge is 0.478 e. The van der Waals surface area contributed by atoms with Crippen LogP contribution in [0.4, 0.5) is 0 Å². The molecule has 1 aromatic carbocycles. The van der Waals surface area contributed by atoms with Gasteiger partial charge in [-0.3, -0.25) is 4.79 Å². The van der Waals surface area contributed by atoms with Crippen molar-refractivity contribution < 1.29 is 19.4 Å². The molecule has 4 rings (SSSR count). The Balaban J connectivity index is 1.31. The van der Waals surface area contributed by atoms with Crippen LogP contribution in [0.15, 0.2) is 24.3 Å². The Labute approximate surface area is 135 Å². The van der Waals surface area contributed by atoms with Crippen LogP contribution < -0.4 is 0 Å². The number of carbonyl (C=O) groups excluding carboxylic acids is 1. The van der Waals surface area contributed by atoms with Gasteiger partial charge in [0.1, 0.15) is 0 Å². The van der Waals surface area contributed by atoms with E-state index in [1.165, 1.54) is 0 Å². The quantitative estimate of drug-likeness (QED) is 0.922. The fraction of sp³-hybridized carbons (Fsp3) is 0.556. The zero-order chi connectivity index (χ0) is 16.0. The maximum atomic E-state index is 12.4. The SMILES string of the molecule is O=C(O)c1ccc(CCC(=O)N2CC3C4CCC(O4)C3C2)cc1. The third-order valence-corrected chi connectivity index (χ3v) is 5.63. The number of hydrogen-bond acceptors (Lipinski definition) is 3. The average molecular weight is 315 g/mol. The lowest BCUT2D eigenvalue weighted by atomic mass is 9.82. The van der Waals surface area contributed by atoms with E-state index < -0.39 is 5.97 Å². The summed E-state index contributed by atoms with van der Waals surface area (Å²) in [4.78, 5) is 25.3. The van der Waals surface area contributed by atoms with Crippen LogP contribution in [0.25, 0.3) is 0 Å². The summed E-state index contributed by atoms with van der Waals surface area (Å²) in [6.07, 6.45) is 4.22. The molecule has 0 spiro atoms. The first-order valence-electron chi connectivity index (χ1n) is 8.37. The molecule has 5 nitrogen and oxygen atoms in total. The Morgan fingerprint density at radius 3 is 2.26 bits per heavy atom. The van der Waals surface area contributed by atoms with Gasteiger partial charge >= 0.3 is 5.97 Å². The second-order valence-corrected chi connectivity index (χ2v) is 6.92. The molecule has 1 N–H and O–H groups in total. The number of amides is 1. The number of ether oxygens (including phenoxy) is 1. The number of carboxylic acids is 1. The Kier molecular flexibility index (Phi) is 3.60. The topological polar surface area (TPSA) is 66.8 Å². The van der Waals surface area contributed by atoms with E-state index in [1.807, 2.05) is 4.90 Å². The van der Waals surface area contributed by atoms with Gasteiger partial charge in [-0.25, -0.2) is 4.79 Å². The summed E-state index contributed by atoms with van der Waals surface area (Å²) >= 11 is 0. The lowest BCUT2D eigenvalue weighted by molar-refractivity contribution is -0.130. The third kappa shape index (κ3) is 2.63. The molecule has 2 bridgehead atoms. The lowest BCUT2D eigenvalue weighted by Gasteiger charge is -2.18. The molecule has 5 heteroatoms. The van der Waals surface area contributed by atoms with E-state index in [9.17, 15) is 9.59 Å². The number of carbonyl (C=O) groups is 2. The van der Waals surface area contributed by atoms with Crippen LogP contribution in [0.1, 0.15) is 35.2 Å². The molecule has 0 saturated carbocycles. The maximum absolute atomic E-state index is 12.4.